The summed E-state index contributed by atoms with van der Waals surface area (Å²) in [4.78, 5) is 0. The minimum absolute atomic E-state index is 0.173. The topological polar surface area (TPSA) is 32.3 Å². The molecule has 0 aliphatic carbocycles. The molecule has 0 bridgehead atoms. The first-order chi connectivity index (χ1) is 7.19. The van der Waals surface area contributed by atoms with Gasteiger partial charge in [0, 0.05) is 16.6 Å². The number of benzene rings is 1. The van der Waals surface area contributed by atoms with E-state index in [9.17, 15) is 0 Å². The summed E-state index contributed by atoms with van der Waals surface area (Å²) >= 11 is 3.53. The molecule has 84 valence electrons. The number of aliphatic hydroxyl groups excluding tert-OH is 1. The van der Waals surface area contributed by atoms with Crippen molar-refractivity contribution in [2.45, 2.75) is 32.4 Å². The Morgan fingerprint density at radius 2 is 2.07 bits per heavy atom. The first kappa shape index (κ1) is 12.7. The standard InChI is InChI=1S/C12H18BrNO/c1-3-10(8-15)14-9(2)11-6-4-5-7-12(11)13/h4-7,9-10,14-15H,3,8H2,1-2H3/t9-,10-/m1/s1. The van der Waals surface area contributed by atoms with Crippen LogP contribution in [0.5, 0.6) is 0 Å². The highest BCUT2D eigenvalue weighted by Crippen LogP contribution is 2.23. The summed E-state index contributed by atoms with van der Waals surface area (Å²) in [7, 11) is 0. The Balaban J connectivity index is 2.68. The van der Waals surface area contributed by atoms with E-state index in [0.29, 0.717) is 0 Å². The maximum atomic E-state index is 9.12. The predicted octanol–water partition coefficient (Wildman–Crippen LogP) is 2.87. The molecule has 0 amide bonds. The second-order valence-corrected chi connectivity index (χ2v) is 4.55. The first-order valence-electron chi connectivity index (χ1n) is 5.30. The summed E-state index contributed by atoms with van der Waals surface area (Å²) < 4.78 is 1.11. The van der Waals surface area contributed by atoms with Gasteiger partial charge in [-0.05, 0) is 25.0 Å². The molecule has 0 aliphatic rings. The molecule has 2 N–H and O–H groups in total. The van der Waals surface area contributed by atoms with Crippen LogP contribution in [0.3, 0.4) is 0 Å². The SMILES string of the molecule is CC[C@H](CO)N[C@H](C)c1ccccc1Br. The fourth-order valence-electron chi connectivity index (χ4n) is 1.57. The minimum atomic E-state index is 0.173. The largest absolute Gasteiger partial charge is 0.395 e. The molecule has 2 nitrogen and oxygen atoms in total. The molecule has 15 heavy (non-hydrogen) atoms. The van der Waals surface area contributed by atoms with Gasteiger partial charge in [0.1, 0.15) is 0 Å². The van der Waals surface area contributed by atoms with E-state index in [2.05, 4.69) is 41.2 Å². The van der Waals surface area contributed by atoms with Crippen LogP contribution < -0.4 is 5.32 Å². The number of halogens is 1. The molecule has 1 aromatic rings. The van der Waals surface area contributed by atoms with E-state index < -0.39 is 0 Å². The average molecular weight is 272 g/mol. The zero-order chi connectivity index (χ0) is 11.3. The molecular formula is C12H18BrNO. The molecule has 2 atom stereocenters. The molecule has 1 aromatic carbocycles. The van der Waals surface area contributed by atoms with Gasteiger partial charge in [0.25, 0.3) is 0 Å². The Labute approximate surface area is 99.8 Å². The lowest BCUT2D eigenvalue weighted by molar-refractivity contribution is 0.230. The van der Waals surface area contributed by atoms with E-state index in [1.807, 2.05) is 18.2 Å². The van der Waals surface area contributed by atoms with Crippen molar-refractivity contribution in [1.82, 2.24) is 5.32 Å². The van der Waals surface area contributed by atoms with Crippen molar-refractivity contribution in [3.05, 3.63) is 34.3 Å². The van der Waals surface area contributed by atoms with Gasteiger partial charge in [-0.2, -0.15) is 0 Å². The first-order valence-corrected chi connectivity index (χ1v) is 6.09. The molecule has 0 aliphatic heterocycles. The van der Waals surface area contributed by atoms with Gasteiger partial charge >= 0.3 is 0 Å². The number of aliphatic hydroxyl groups is 1. The maximum Gasteiger partial charge on any atom is 0.0584 e. The van der Waals surface area contributed by atoms with Crippen molar-refractivity contribution in [3.63, 3.8) is 0 Å². The van der Waals surface area contributed by atoms with Crippen LogP contribution in [0.1, 0.15) is 31.9 Å². The molecule has 0 saturated carbocycles. The fraction of sp³-hybridized carbons (Fsp3) is 0.500. The molecule has 0 radical (unpaired) electrons. The minimum Gasteiger partial charge on any atom is -0.395 e. The monoisotopic (exact) mass is 271 g/mol. The Morgan fingerprint density at radius 1 is 1.40 bits per heavy atom. The summed E-state index contributed by atoms with van der Waals surface area (Å²) in [5, 5.41) is 12.5. The van der Waals surface area contributed by atoms with Crippen LogP contribution in [0.2, 0.25) is 0 Å². The molecular weight excluding hydrogens is 254 g/mol. The summed E-state index contributed by atoms with van der Waals surface area (Å²) in [5.41, 5.74) is 1.23. The van der Waals surface area contributed by atoms with Crippen LogP contribution in [0.4, 0.5) is 0 Å². The van der Waals surface area contributed by atoms with E-state index in [1.54, 1.807) is 0 Å². The zero-order valence-corrected chi connectivity index (χ0v) is 10.8. The highest BCUT2D eigenvalue weighted by atomic mass is 79.9. The summed E-state index contributed by atoms with van der Waals surface area (Å²) in [6.45, 7) is 4.37. The van der Waals surface area contributed by atoms with E-state index in [1.165, 1.54) is 5.56 Å². The zero-order valence-electron chi connectivity index (χ0n) is 9.20. The normalized spacial score (nSPS) is 14.9. The van der Waals surface area contributed by atoms with E-state index >= 15 is 0 Å². The quantitative estimate of drug-likeness (QED) is 0.863. The average Bonchev–Trinajstić information content (AvgIpc) is 2.26. The number of nitrogens with one attached hydrogen (secondary N) is 1. The maximum absolute atomic E-state index is 9.12. The smallest absolute Gasteiger partial charge is 0.0584 e. The Morgan fingerprint density at radius 3 is 2.60 bits per heavy atom. The molecule has 1 rings (SSSR count). The van der Waals surface area contributed by atoms with Crippen LogP contribution in [0, 0.1) is 0 Å². The van der Waals surface area contributed by atoms with Crippen LogP contribution in [-0.2, 0) is 0 Å². The Hall–Kier alpha value is -0.380. The molecule has 0 fully saturated rings. The van der Waals surface area contributed by atoms with Gasteiger partial charge in [-0.1, -0.05) is 41.1 Å². The Bertz CT molecular complexity index is 299. The second-order valence-electron chi connectivity index (χ2n) is 3.70. The van der Waals surface area contributed by atoms with Gasteiger partial charge in [0.2, 0.25) is 0 Å². The molecule has 0 unspecified atom stereocenters. The third-order valence-electron chi connectivity index (χ3n) is 2.57. The predicted molar refractivity (Wildman–Crippen MR) is 66.9 cm³/mol. The lowest BCUT2D eigenvalue weighted by Gasteiger charge is -2.21. The number of hydrogen-bond acceptors (Lipinski definition) is 2. The van der Waals surface area contributed by atoms with Crippen LogP contribution in [0.25, 0.3) is 0 Å². The van der Waals surface area contributed by atoms with Crippen molar-refractivity contribution in [2.75, 3.05) is 6.61 Å². The van der Waals surface area contributed by atoms with Crippen molar-refractivity contribution >= 4 is 15.9 Å². The molecule has 0 heterocycles. The van der Waals surface area contributed by atoms with Gasteiger partial charge in [-0.15, -0.1) is 0 Å². The van der Waals surface area contributed by atoms with Crippen molar-refractivity contribution in [1.29, 1.82) is 0 Å². The van der Waals surface area contributed by atoms with E-state index in [-0.39, 0.29) is 18.7 Å². The van der Waals surface area contributed by atoms with Crippen molar-refractivity contribution < 1.29 is 5.11 Å². The van der Waals surface area contributed by atoms with Gasteiger partial charge in [0.05, 0.1) is 6.61 Å². The second kappa shape index (κ2) is 6.26. The molecule has 3 heteroatoms. The van der Waals surface area contributed by atoms with Gasteiger partial charge in [-0.25, -0.2) is 0 Å². The number of rotatable bonds is 5. The lowest BCUT2D eigenvalue weighted by Crippen LogP contribution is -2.34. The summed E-state index contributed by atoms with van der Waals surface area (Å²) in [6, 6.07) is 8.57. The molecule has 0 saturated heterocycles. The lowest BCUT2D eigenvalue weighted by atomic mass is 10.1. The highest BCUT2D eigenvalue weighted by molar-refractivity contribution is 9.10. The van der Waals surface area contributed by atoms with Crippen LogP contribution in [0.15, 0.2) is 28.7 Å². The molecule has 0 aromatic heterocycles. The van der Waals surface area contributed by atoms with Crippen LogP contribution >= 0.6 is 15.9 Å². The van der Waals surface area contributed by atoms with Gasteiger partial charge in [0.15, 0.2) is 0 Å². The van der Waals surface area contributed by atoms with E-state index in [0.717, 1.165) is 10.9 Å². The third kappa shape index (κ3) is 3.59. The van der Waals surface area contributed by atoms with Crippen molar-refractivity contribution in [3.8, 4) is 0 Å². The van der Waals surface area contributed by atoms with Crippen molar-refractivity contribution in [2.24, 2.45) is 0 Å². The molecule has 0 spiro atoms. The van der Waals surface area contributed by atoms with E-state index in [4.69, 9.17) is 5.11 Å². The van der Waals surface area contributed by atoms with Gasteiger partial charge in [-0.3, -0.25) is 0 Å². The highest BCUT2D eigenvalue weighted by Gasteiger charge is 2.12. The Kier molecular flexibility index (Phi) is 5.29. The number of hydrogen-bond donors (Lipinski definition) is 2. The summed E-state index contributed by atoms with van der Waals surface area (Å²) in [6.07, 6.45) is 0.936. The fourth-order valence-corrected chi connectivity index (χ4v) is 2.20. The van der Waals surface area contributed by atoms with Crippen LogP contribution in [-0.4, -0.2) is 17.8 Å². The summed E-state index contributed by atoms with van der Waals surface area (Å²) in [5.74, 6) is 0. The van der Waals surface area contributed by atoms with Gasteiger partial charge < -0.3 is 10.4 Å². The third-order valence-corrected chi connectivity index (χ3v) is 3.29.